The molecule has 21 heavy (non-hydrogen) atoms. The molecule has 0 radical (unpaired) electrons. The van der Waals surface area contributed by atoms with Crippen molar-refractivity contribution in [3.8, 4) is 11.5 Å². The van der Waals surface area contributed by atoms with Crippen LogP contribution >= 0.6 is 0 Å². The van der Waals surface area contributed by atoms with Crippen LogP contribution in [0.1, 0.15) is 11.1 Å². The molecule has 0 saturated carbocycles. The number of ether oxygens (including phenoxy) is 1. The van der Waals surface area contributed by atoms with Crippen LogP contribution in [0.3, 0.4) is 0 Å². The Kier molecular flexibility index (Phi) is 4.13. The second kappa shape index (κ2) is 5.69. The van der Waals surface area contributed by atoms with E-state index < -0.39 is 23.4 Å². The zero-order valence-corrected chi connectivity index (χ0v) is 10.5. The predicted octanol–water partition coefficient (Wildman–Crippen LogP) is 4.23. The Morgan fingerprint density at radius 3 is 2.29 bits per heavy atom. The number of nitrogens with two attached hydrogens (primary N) is 1. The third-order valence-corrected chi connectivity index (χ3v) is 2.72. The van der Waals surface area contributed by atoms with E-state index in [2.05, 4.69) is 0 Å². The van der Waals surface area contributed by atoms with Gasteiger partial charge in [-0.3, -0.25) is 0 Å². The van der Waals surface area contributed by atoms with Crippen LogP contribution in [0.2, 0.25) is 0 Å². The van der Waals surface area contributed by atoms with E-state index in [0.717, 1.165) is 30.3 Å². The van der Waals surface area contributed by atoms with Crippen molar-refractivity contribution in [2.75, 3.05) is 0 Å². The van der Waals surface area contributed by atoms with Gasteiger partial charge in [0, 0.05) is 12.6 Å². The van der Waals surface area contributed by atoms with E-state index >= 15 is 0 Å². The summed E-state index contributed by atoms with van der Waals surface area (Å²) in [5.41, 5.74) is 4.22. The van der Waals surface area contributed by atoms with Gasteiger partial charge in [0.25, 0.3) is 0 Å². The van der Waals surface area contributed by atoms with E-state index in [0.29, 0.717) is 6.07 Å². The van der Waals surface area contributed by atoms with Crippen molar-refractivity contribution >= 4 is 0 Å². The molecule has 2 N–H and O–H groups in total. The Bertz CT molecular complexity index is 654. The van der Waals surface area contributed by atoms with Gasteiger partial charge in [0.2, 0.25) is 0 Å². The van der Waals surface area contributed by atoms with Gasteiger partial charge in [0.05, 0.1) is 5.56 Å². The SMILES string of the molecule is NCc1cc(Oc2ccc(F)cc2F)ccc1C(F)(F)F. The van der Waals surface area contributed by atoms with Crippen molar-refractivity contribution in [2.45, 2.75) is 12.7 Å². The number of benzene rings is 2. The van der Waals surface area contributed by atoms with Crippen LogP contribution in [0.15, 0.2) is 36.4 Å². The molecule has 0 heterocycles. The maximum Gasteiger partial charge on any atom is 0.416 e. The van der Waals surface area contributed by atoms with Crippen molar-refractivity contribution in [3.05, 3.63) is 59.2 Å². The minimum atomic E-state index is -4.53. The van der Waals surface area contributed by atoms with E-state index in [1.165, 1.54) is 0 Å². The van der Waals surface area contributed by atoms with Gasteiger partial charge in [-0.1, -0.05) is 0 Å². The highest BCUT2D eigenvalue weighted by Crippen LogP contribution is 2.35. The average Bonchev–Trinajstić information content (AvgIpc) is 2.40. The Morgan fingerprint density at radius 1 is 1.00 bits per heavy atom. The fourth-order valence-corrected chi connectivity index (χ4v) is 1.76. The number of hydrogen-bond acceptors (Lipinski definition) is 2. The van der Waals surface area contributed by atoms with Crippen molar-refractivity contribution < 1.29 is 26.7 Å². The molecule has 0 bridgehead atoms. The normalized spacial score (nSPS) is 11.5. The first-order valence-electron chi connectivity index (χ1n) is 5.84. The Morgan fingerprint density at radius 2 is 1.71 bits per heavy atom. The Balaban J connectivity index is 2.33. The highest BCUT2D eigenvalue weighted by Gasteiger charge is 2.33. The first kappa shape index (κ1) is 15.2. The third-order valence-electron chi connectivity index (χ3n) is 2.72. The highest BCUT2D eigenvalue weighted by atomic mass is 19.4. The molecule has 2 aromatic carbocycles. The molecular weight excluding hydrogens is 293 g/mol. The van der Waals surface area contributed by atoms with Crippen molar-refractivity contribution in [3.63, 3.8) is 0 Å². The molecule has 0 amide bonds. The molecule has 0 atom stereocenters. The molecule has 0 aromatic heterocycles. The van der Waals surface area contributed by atoms with E-state index in [-0.39, 0.29) is 23.6 Å². The summed E-state index contributed by atoms with van der Waals surface area (Å²) in [5.74, 6) is -2.05. The topological polar surface area (TPSA) is 35.2 Å². The number of rotatable bonds is 3. The van der Waals surface area contributed by atoms with Gasteiger partial charge in [-0.05, 0) is 35.9 Å². The zero-order chi connectivity index (χ0) is 15.6. The standard InChI is InChI=1S/C14H10F5NO/c15-9-1-4-13(12(16)6-9)21-10-2-3-11(14(17,18)19)8(5-10)7-20/h1-6H,7,20H2. The highest BCUT2D eigenvalue weighted by molar-refractivity contribution is 5.40. The third kappa shape index (κ3) is 3.49. The van der Waals surface area contributed by atoms with Gasteiger partial charge >= 0.3 is 6.18 Å². The first-order valence-corrected chi connectivity index (χ1v) is 5.84. The molecule has 0 aliphatic rings. The van der Waals surface area contributed by atoms with E-state index in [4.69, 9.17) is 10.5 Å². The lowest BCUT2D eigenvalue weighted by Crippen LogP contribution is -2.11. The van der Waals surface area contributed by atoms with Crippen molar-refractivity contribution in [2.24, 2.45) is 5.73 Å². The summed E-state index contributed by atoms with van der Waals surface area (Å²) in [6.07, 6.45) is -4.53. The summed E-state index contributed by atoms with van der Waals surface area (Å²) < 4.78 is 69.4. The molecule has 2 rings (SSSR count). The maximum absolute atomic E-state index is 13.4. The van der Waals surface area contributed by atoms with Gasteiger partial charge in [-0.15, -0.1) is 0 Å². The van der Waals surface area contributed by atoms with Crippen LogP contribution in [0.5, 0.6) is 11.5 Å². The van der Waals surface area contributed by atoms with Crippen LogP contribution < -0.4 is 10.5 Å². The summed E-state index contributed by atoms with van der Waals surface area (Å²) in [4.78, 5) is 0. The lowest BCUT2D eigenvalue weighted by atomic mass is 10.1. The lowest BCUT2D eigenvalue weighted by molar-refractivity contribution is -0.138. The first-order chi connectivity index (χ1) is 9.81. The van der Waals surface area contributed by atoms with Crippen LogP contribution in [0.4, 0.5) is 22.0 Å². The Hall–Kier alpha value is -2.15. The van der Waals surface area contributed by atoms with E-state index in [1.54, 1.807) is 0 Å². The van der Waals surface area contributed by atoms with Gasteiger partial charge in [-0.25, -0.2) is 8.78 Å². The zero-order valence-electron chi connectivity index (χ0n) is 10.5. The maximum atomic E-state index is 13.4. The monoisotopic (exact) mass is 303 g/mol. The summed E-state index contributed by atoms with van der Waals surface area (Å²) in [6.45, 7) is -0.349. The van der Waals surface area contributed by atoms with Crippen molar-refractivity contribution in [1.29, 1.82) is 0 Å². The Labute approximate surface area is 116 Å². The smallest absolute Gasteiger partial charge is 0.416 e. The van der Waals surface area contributed by atoms with Crippen molar-refractivity contribution in [1.82, 2.24) is 0 Å². The van der Waals surface area contributed by atoms with Crippen LogP contribution in [-0.4, -0.2) is 0 Å². The van der Waals surface area contributed by atoms with Crippen LogP contribution in [-0.2, 0) is 12.7 Å². The second-order valence-corrected chi connectivity index (χ2v) is 4.20. The van der Waals surface area contributed by atoms with Gasteiger partial charge in [-0.2, -0.15) is 13.2 Å². The minimum Gasteiger partial charge on any atom is -0.454 e. The molecule has 0 spiro atoms. The van der Waals surface area contributed by atoms with Crippen LogP contribution in [0.25, 0.3) is 0 Å². The molecule has 2 nitrogen and oxygen atoms in total. The molecule has 0 fully saturated rings. The molecule has 2 aromatic rings. The van der Waals surface area contributed by atoms with Gasteiger partial charge < -0.3 is 10.5 Å². The number of halogens is 5. The molecule has 0 saturated heterocycles. The van der Waals surface area contributed by atoms with Gasteiger partial charge in [0.1, 0.15) is 11.6 Å². The molecule has 7 heteroatoms. The molecule has 0 aliphatic heterocycles. The summed E-state index contributed by atoms with van der Waals surface area (Å²) in [6, 6.07) is 5.56. The largest absolute Gasteiger partial charge is 0.454 e. The average molecular weight is 303 g/mol. The summed E-state index contributed by atoms with van der Waals surface area (Å²) in [5, 5.41) is 0. The predicted molar refractivity (Wildman–Crippen MR) is 65.8 cm³/mol. The lowest BCUT2D eigenvalue weighted by Gasteiger charge is -2.14. The molecule has 0 aliphatic carbocycles. The molecular formula is C14H10F5NO. The minimum absolute atomic E-state index is 0.0195. The van der Waals surface area contributed by atoms with Crippen LogP contribution in [0, 0.1) is 11.6 Å². The van der Waals surface area contributed by atoms with E-state index in [9.17, 15) is 22.0 Å². The summed E-state index contributed by atoms with van der Waals surface area (Å²) in [7, 11) is 0. The molecule has 112 valence electrons. The fourth-order valence-electron chi connectivity index (χ4n) is 1.76. The van der Waals surface area contributed by atoms with E-state index in [1.807, 2.05) is 0 Å². The van der Waals surface area contributed by atoms with Gasteiger partial charge in [0.15, 0.2) is 11.6 Å². The second-order valence-electron chi connectivity index (χ2n) is 4.20. The summed E-state index contributed by atoms with van der Waals surface area (Å²) >= 11 is 0. The number of hydrogen-bond donors (Lipinski definition) is 1. The number of alkyl halides is 3. The fraction of sp³-hybridized carbons (Fsp3) is 0.143. The quantitative estimate of drug-likeness (QED) is 0.861. The molecule has 0 unspecified atom stereocenters.